The summed E-state index contributed by atoms with van der Waals surface area (Å²) in [5, 5.41) is 25.2. The van der Waals surface area contributed by atoms with Crippen LogP contribution in [0.15, 0.2) is 120 Å². The third kappa shape index (κ3) is 9.66. The predicted octanol–water partition coefficient (Wildman–Crippen LogP) is 10.5. The number of carbonyl (C=O) groups is 1. The van der Waals surface area contributed by atoms with Crippen LogP contribution in [0.2, 0.25) is 0 Å². The van der Waals surface area contributed by atoms with E-state index in [1.165, 1.54) is 0 Å². The van der Waals surface area contributed by atoms with Gasteiger partial charge in [0.1, 0.15) is 23.3 Å². The Labute approximate surface area is 399 Å². The number of oxime groups is 1. The molecule has 358 valence electrons. The van der Waals surface area contributed by atoms with Gasteiger partial charge in [0.05, 0.1) is 24.8 Å². The third-order valence-electron chi connectivity index (χ3n) is 14.6. The molecule has 10 rings (SSSR count). The molecule has 3 heterocycles. The predicted molar refractivity (Wildman–Crippen MR) is 257 cm³/mol. The van der Waals surface area contributed by atoms with Crippen LogP contribution in [-0.4, -0.2) is 78.1 Å². The first kappa shape index (κ1) is 46.1. The van der Waals surface area contributed by atoms with Crippen LogP contribution in [0.4, 0.5) is 0 Å². The second-order valence-corrected chi connectivity index (χ2v) is 19.1. The van der Waals surface area contributed by atoms with Gasteiger partial charge in [0.25, 0.3) is 0 Å². The van der Waals surface area contributed by atoms with E-state index in [9.17, 15) is 10.2 Å². The fraction of sp³-hybridized carbons (Fsp3) is 0.464. The summed E-state index contributed by atoms with van der Waals surface area (Å²) in [6.45, 7) is 5.53. The number of aliphatic hydroxyl groups excluding tert-OH is 2. The lowest BCUT2D eigenvalue weighted by Gasteiger charge is -2.60. The molecular weight excluding hydrogens is 861 g/mol. The number of aliphatic hydroxyl groups is 2. The molecule has 3 fully saturated rings. The lowest BCUT2D eigenvalue weighted by atomic mass is 9.55. The van der Waals surface area contributed by atoms with Gasteiger partial charge >= 0.3 is 0 Å². The van der Waals surface area contributed by atoms with Gasteiger partial charge in [-0.25, -0.2) is 0 Å². The van der Waals surface area contributed by atoms with Crippen molar-refractivity contribution >= 4 is 11.6 Å². The van der Waals surface area contributed by atoms with Crippen molar-refractivity contribution < 1.29 is 48.3 Å². The van der Waals surface area contributed by atoms with Crippen molar-refractivity contribution in [3.8, 4) is 39.9 Å². The molecule has 6 aliphatic rings. The zero-order chi connectivity index (χ0) is 46.5. The number of nitrogens with zero attached hydrogens (tertiary/aromatic N) is 2. The smallest absolute Gasteiger partial charge is 0.239 e. The van der Waals surface area contributed by atoms with Crippen LogP contribution in [0.5, 0.6) is 28.7 Å². The number of rotatable bonds is 20. The highest BCUT2D eigenvalue weighted by molar-refractivity contribution is 6.03. The van der Waals surface area contributed by atoms with Crippen molar-refractivity contribution in [2.24, 2.45) is 28.8 Å². The molecule has 3 aliphatic carbocycles. The minimum Gasteiger partial charge on any atom is -0.459 e. The number of benzene rings is 4. The Bertz CT molecular complexity index is 2450. The monoisotopic (exact) mass is 924 g/mol. The quantitative estimate of drug-likeness (QED) is 0.0501. The van der Waals surface area contributed by atoms with Gasteiger partial charge in [-0.05, 0) is 128 Å². The van der Waals surface area contributed by atoms with Crippen molar-refractivity contribution in [3.63, 3.8) is 0 Å². The number of ether oxygens (including phenoxy) is 6. The van der Waals surface area contributed by atoms with Crippen LogP contribution in [0.25, 0.3) is 11.1 Å². The fourth-order valence-electron chi connectivity index (χ4n) is 11.3. The number of hydrogen-bond acceptors (Lipinski definition) is 11. The summed E-state index contributed by atoms with van der Waals surface area (Å²) in [4.78, 5) is 23.4. The van der Waals surface area contributed by atoms with E-state index in [1.807, 2.05) is 65.6 Å². The first-order valence-corrected chi connectivity index (χ1v) is 24.8. The summed E-state index contributed by atoms with van der Waals surface area (Å²) >= 11 is 0. The normalized spacial score (nSPS) is 26.2. The Kier molecular flexibility index (Phi) is 14.2. The average Bonchev–Trinajstić information content (AvgIpc) is 4.13. The molecule has 12 heteroatoms. The highest BCUT2D eigenvalue weighted by Crippen LogP contribution is 2.62. The van der Waals surface area contributed by atoms with Crippen molar-refractivity contribution in [1.29, 1.82) is 0 Å². The van der Waals surface area contributed by atoms with Gasteiger partial charge in [-0.2, -0.15) is 0 Å². The molecule has 68 heavy (non-hydrogen) atoms. The lowest BCUT2D eigenvalue weighted by Crippen LogP contribution is -2.70. The largest absolute Gasteiger partial charge is 0.459 e. The van der Waals surface area contributed by atoms with E-state index in [-0.39, 0.29) is 62.7 Å². The van der Waals surface area contributed by atoms with Crippen molar-refractivity contribution in [2.45, 2.75) is 108 Å². The molecule has 7 atom stereocenters. The van der Waals surface area contributed by atoms with E-state index in [1.54, 1.807) is 6.08 Å². The topological polar surface area (TPSA) is 138 Å². The standard InChI is InChI=1S/C56H64N2O10/c1-2-29-65-56-51(58(55(61)40-18-19-40)35-37-17-25-49-50(31-37)64-36-63-49)34-47(57-68-52-16-8-11-30-62-52)45-32-41(14-6-9-27-59)44(15-7-10-28-60)53(54(45)56)46-33-43(24-26-48(46)67-56)66-42-22-20-39(21-23-42)38-12-4-3-5-13-38/h2-5,12-13,17,20-26,31-33,40-41,44,51-54,59-60H,1,6-11,14-16,18-19,27-30,34-36H2/t41-,44+,51-,52?,53+,54+,56+/m0/s1. The molecule has 0 spiro atoms. The Morgan fingerprint density at radius 1 is 0.838 bits per heavy atom. The molecule has 12 nitrogen and oxygen atoms in total. The molecule has 3 aliphatic heterocycles. The molecule has 1 unspecified atom stereocenters. The molecular formula is C56H64N2O10. The summed E-state index contributed by atoms with van der Waals surface area (Å²) in [6, 6.07) is 29.7. The number of amides is 1. The number of allylic oxidation sites excluding steroid dienone is 1. The number of fused-ring (bicyclic) bond motifs is 3. The van der Waals surface area contributed by atoms with E-state index >= 15 is 4.79 Å². The maximum atomic E-state index is 15.1. The summed E-state index contributed by atoms with van der Waals surface area (Å²) in [6.07, 6.45) is 12.9. The maximum absolute atomic E-state index is 15.1. The van der Waals surface area contributed by atoms with E-state index in [0.29, 0.717) is 54.6 Å². The molecule has 2 N–H and O–H groups in total. The molecule has 2 saturated carbocycles. The number of hydrogen-bond donors (Lipinski definition) is 2. The SMILES string of the molecule is C=CCO[C@@]12Oc3ccc(Oc4ccc(-c5ccccc5)cc4)cc3[C@H]3[C@H](CCCCO)[C@@H](CCCCO)C=C(C(=NOC4CCCCO4)C[C@@H]1N(Cc1ccc4c(c1)OCO4)C(=O)C1CC1)[C@H]32. The second-order valence-electron chi connectivity index (χ2n) is 19.1. The Hall–Kier alpha value is -5.66. The molecule has 0 aromatic heterocycles. The number of unbranched alkanes of at least 4 members (excludes halogenated alkanes) is 2. The first-order chi connectivity index (χ1) is 33.5. The molecule has 4 aromatic rings. The van der Waals surface area contributed by atoms with Crippen LogP contribution >= 0.6 is 0 Å². The molecule has 1 amide bonds. The Morgan fingerprint density at radius 3 is 2.37 bits per heavy atom. The van der Waals surface area contributed by atoms with Gasteiger partial charge in [-0.3, -0.25) is 4.79 Å². The highest BCUT2D eigenvalue weighted by Gasteiger charge is 2.66. The molecule has 1 saturated heterocycles. The zero-order valence-corrected chi connectivity index (χ0v) is 38.8. The van der Waals surface area contributed by atoms with Crippen molar-refractivity contribution in [1.82, 2.24) is 4.90 Å². The molecule has 0 radical (unpaired) electrons. The van der Waals surface area contributed by atoms with Crippen LogP contribution < -0.4 is 18.9 Å². The van der Waals surface area contributed by atoms with E-state index in [0.717, 1.165) is 91.3 Å². The third-order valence-corrected chi connectivity index (χ3v) is 14.6. The highest BCUT2D eigenvalue weighted by atomic mass is 16.8. The van der Waals surface area contributed by atoms with Crippen LogP contribution in [0.1, 0.15) is 94.1 Å². The average molecular weight is 925 g/mol. The second kappa shape index (κ2) is 20.9. The maximum Gasteiger partial charge on any atom is 0.239 e. The summed E-state index contributed by atoms with van der Waals surface area (Å²) in [5.74, 6) is 1.40. The van der Waals surface area contributed by atoms with Gasteiger partial charge in [0.2, 0.25) is 24.8 Å². The van der Waals surface area contributed by atoms with Gasteiger partial charge in [-0.1, -0.05) is 78.7 Å². The van der Waals surface area contributed by atoms with Gasteiger partial charge < -0.3 is 48.4 Å². The Morgan fingerprint density at radius 2 is 1.60 bits per heavy atom. The van der Waals surface area contributed by atoms with Gasteiger partial charge in [-0.15, -0.1) is 6.58 Å². The zero-order valence-electron chi connectivity index (χ0n) is 38.8. The van der Waals surface area contributed by atoms with Crippen LogP contribution in [0.3, 0.4) is 0 Å². The van der Waals surface area contributed by atoms with Gasteiger partial charge in [0, 0.05) is 50.0 Å². The Balaban J connectivity index is 1.12. The van der Waals surface area contributed by atoms with Crippen LogP contribution in [-0.2, 0) is 25.7 Å². The summed E-state index contributed by atoms with van der Waals surface area (Å²) in [5.41, 5.74) is 5.85. The van der Waals surface area contributed by atoms with Crippen molar-refractivity contribution in [3.05, 3.63) is 126 Å². The minimum atomic E-state index is -1.39. The van der Waals surface area contributed by atoms with Crippen molar-refractivity contribution in [2.75, 3.05) is 33.2 Å². The van der Waals surface area contributed by atoms with E-state index in [2.05, 4.69) is 43.0 Å². The first-order valence-electron chi connectivity index (χ1n) is 24.8. The molecule has 0 bridgehead atoms. The van der Waals surface area contributed by atoms with Gasteiger partial charge in [0.15, 0.2) is 11.5 Å². The minimum absolute atomic E-state index is 0.0442. The summed E-state index contributed by atoms with van der Waals surface area (Å²) < 4.78 is 39.0. The van der Waals surface area contributed by atoms with Crippen LogP contribution in [0, 0.1) is 23.7 Å². The van der Waals surface area contributed by atoms with E-state index in [4.69, 9.17) is 38.4 Å². The fourth-order valence-corrected chi connectivity index (χ4v) is 11.3. The number of carbonyl (C=O) groups excluding carboxylic acids is 1. The summed E-state index contributed by atoms with van der Waals surface area (Å²) in [7, 11) is 0. The lowest BCUT2D eigenvalue weighted by molar-refractivity contribution is -0.258. The van der Waals surface area contributed by atoms with E-state index < -0.39 is 24.0 Å². The molecule has 4 aromatic carbocycles.